The standard InChI is InChI=1S/C6H15N.2H2O4S/c1-4-7(5-2)6-3;2*1-5(2,3)4/h4-6H2,1-3H3;2*(H2,1,2,3,4). The molecule has 0 aromatic rings. The molecule has 11 heteroatoms. The van der Waals surface area contributed by atoms with E-state index in [9.17, 15) is 0 Å². The molecular weight excluding hydrogens is 278 g/mol. The summed E-state index contributed by atoms with van der Waals surface area (Å²) in [5.41, 5.74) is 0. The number of hydrogen-bond donors (Lipinski definition) is 4. The van der Waals surface area contributed by atoms with Crippen LogP contribution >= 0.6 is 0 Å². The van der Waals surface area contributed by atoms with Crippen LogP contribution in [0.2, 0.25) is 0 Å². The summed E-state index contributed by atoms with van der Waals surface area (Å²) in [5.74, 6) is 0. The highest BCUT2D eigenvalue weighted by Gasteiger charge is 1.89. The summed E-state index contributed by atoms with van der Waals surface area (Å²) in [6.45, 7) is 10.1. The molecule has 0 radical (unpaired) electrons. The van der Waals surface area contributed by atoms with E-state index < -0.39 is 20.8 Å². The van der Waals surface area contributed by atoms with Crippen molar-refractivity contribution in [3.05, 3.63) is 0 Å². The Morgan fingerprint density at radius 3 is 0.824 bits per heavy atom. The molecule has 0 aliphatic rings. The summed E-state index contributed by atoms with van der Waals surface area (Å²) < 4.78 is 63.2. The Bertz CT molecular complexity index is 293. The first-order chi connectivity index (χ1) is 7.35. The molecule has 0 saturated carbocycles. The summed E-state index contributed by atoms with van der Waals surface area (Å²) in [6, 6.07) is 0. The molecular formula is C6H19NO8S2. The number of hydrogen-bond acceptors (Lipinski definition) is 5. The first-order valence-corrected chi connectivity index (χ1v) is 7.26. The summed E-state index contributed by atoms with van der Waals surface area (Å²) in [7, 11) is -9.33. The smallest absolute Gasteiger partial charge is 0.304 e. The van der Waals surface area contributed by atoms with Crippen LogP contribution in [0.1, 0.15) is 20.8 Å². The lowest BCUT2D eigenvalue weighted by molar-refractivity contribution is 0.321. The van der Waals surface area contributed by atoms with Crippen LogP contribution in [0.3, 0.4) is 0 Å². The van der Waals surface area contributed by atoms with Crippen LogP contribution in [0.4, 0.5) is 0 Å². The lowest BCUT2D eigenvalue weighted by Gasteiger charge is -2.13. The van der Waals surface area contributed by atoms with Gasteiger partial charge in [0.15, 0.2) is 0 Å². The molecule has 0 spiro atoms. The van der Waals surface area contributed by atoms with E-state index in [1.165, 1.54) is 19.6 Å². The molecule has 0 aromatic carbocycles. The van der Waals surface area contributed by atoms with Gasteiger partial charge in [0.1, 0.15) is 0 Å². The third-order valence-electron chi connectivity index (χ3n) is 1.34. The lowest BCUT2D eigenvalue weighted by atomic mass is 10.5. The van der Waals surface area contributed by atoms with Gasteiger partial charge in [-0.1, -0.05) is 20.8 Å². The van der Waals surface area contributed by atoms with Crippen molar-refractivity contribution in [3.63, 3.8) is 0 Å². The fourth-order valence-corrected chi connectivity index (χ4v) is 0.671. The molecule has 0 heterocycles. The Balaban J connectivity index is -0.000000177. The molecule has 108 valence electrons. The SMILES string of the molecule is CCN(CC)CC.O=S(=O)(O)O.O=S(=O)(O)O. The van der Waals surface area contributed by atoms with Gasteiger partial charge in [-0.25, -0.2) is 0 Å². The Labute approximate surface area is 102 Å². The minimum absolute atomic E-state index is 1.19. The zero-order valence-electron chi connectivity index (χ0n) is 9.81. The predicted molar refractivity (Wildman–Crippen MR) is 61.8 cm³/mol. The maximum absolute atomic E-state index is 8.74. The minimum atomic E-state index is -4.67. The van der Waals surface area contributed by atoms with Gasteiger partial charge in [0.25, 0.3) is 0 Å². The van der Waals surface area contributed by atoms with Crippen molar-refractivity contribution in [3.8, 4) is 0 Å². The van der Waals surface area contributed by atoms with Crippen LogP contribution < -0.4 is 0 Å². The highest BCUT2D eigenvalue weighted by Crippen LogP contribution is 1.81. The Kier molecular flexibility index (Phi) is 14.0. The van der Waals surface area contributed by atoms with Gasteiger partial charge in [-0.05, 0) is 19.6 Å². The first-order valence-electron chi connectivity index (χ1n) is 4.47. The van der Waals surface area contributed by atoms with Crippen LogP contribution in [-0.2, 0) is 20.8 Å². The molecule has 0 aliphatic carbocycles. The van der Waals surface area contributed by atoms with Gasteiger partial charge in [0.2, 0.25) is 0 Å². The van der Waals surface area contributed by atoms with Gasteiger partial charge in [-0.3, -0.25) is 18.2 Å². The minimum Gasteiger partial charge on any atom is -0.304 e. The Hall–Kier alpha value is -0.300. The van der Waals surface area contributed by atoms with Gasteiger partial charge in [0, 0.05) is 0 Å². The van der Waals surface area contributed by atoms with E-state index >= 15 is 0 Å². The fourth-order valence-electron chi connectivity index (χ4n) is 0.671. The first kappa shape index (κ1) is 21.9. The van der Waals surface area contributed by atoms with Crippen LogP contribution in [0.15, 0.2) is 0 Å². The largest absolute Gasteiger partial charge is 0.394 e. The summed E-state index contributed by atoms with van der Waals surface area (Å²) >= 11 is 0. The van der Waals surface area contributed by atoms with Crippen molar-refractivity contribution < 1.29 is 35.0 Å². The van der Waals surface area contributed by atoms with Gasteiger partial charge < -0.3 is 4.90 Å². The molecule has 0 saturated heterocycles. The van der Waals surface area contributed by atoms with E-state index in [2.05, 4.69) is 25.7 Å². The molecule has 0 atom stereocenters. The van der Waals surface area contributed by atoms with Crippen LogP contribution in [0.5, 0.6) is 0 Å². The molecule has 0 aliphatic heterocycles. The molecule has 9 nitrogen and oxygen atoms in total. The van der Waals surface area contributed by atoms with Crippen LogP contribution in [-0.4, -0.2) is 59.6 Å². The maximum Gasteiger partial charge on any atom is 0.394 e. The third-order valence-corrected chi connectivity index (χ3v) is 1.34. The summed E-state index contributed by atoms with van der Waals surface area (Å²) in [5, 5.41) is 0. The summed E-state index contributed by atoms with van der Waals surface area (Å²) in [6.07, 6.45) is 0. The van der Waals surface area contributed by atoms with Crippen molar-refractivity contribution in [1.82, 2.24) is 4.90 Å². The third kappa shape index (κ3) is 90.7. The maximum atomic E-state index is 8.74. The normalized spacial score (nSPS) is 11.1. The monoisotopic (exact) mass is 297 g/mol. The molecule has 17 heavy (non-hydrogen) atoms. The van der Waals surface area contributed by atoms with Crippen molar-refractivity contribution in [2.45, 2.75) is 20.8 Å². The molecule has 0 fully saturated rings. The topological polar surface area (TPSA) is 152 Å². The van der Waals surface area contributed by atoms with Gasteiger partial charge >= 0.3 is 20.8 Å². The van der Waals surface area contributed by atoms with Gasteiger partial charge in [-0.2, -0.15) is 16.8 Å². The van der Waals surface area contributed by atoms with E-state index in [0.717, 1.165) is 0 Å². The van der Waals surface area contributed by atoms with E-state index in [-0.39, 0.29) is 0 Å². The fraction of sp³-hybridized carbons (Fsp3) is 1.00. The average Bonchev–Trinajstić information content (AvgIpc) is 2.01. The van der Waals surface area contributed by atoms with E-state index in [1.807, 2.05) is 0 Å². The summed E-state index contributed by atoms with van der Waals surface area (Å²) in [4.78, 5) is 2.38. The van der Waals surface area contributed by atoms with Crippen molar-refractivity contribution in [2.24, 2.45) is 0 Å². The van der Waals surface area contributed by atoms with Crippen molar-refractivity contribution in [1.29, 1.82) is 0 Å². The molecule has 0 aromatic heterocycles. The molecule has 0 unspecified atom stereocenters. The van der Waals surface area contributed by atoms with Gasteiger partial charge in [-0.15, -0.1) is 0 Å². The van der Waals surface area contributed by atoms with Crippen molar-refractivity contribution in [2.75, 3.05) is 19.6 Å². The highest BCUT2D eigenvalue weighted by atomic mass is 32.3. The lowest BCUT2D eigenvalue weighted by Crippen LogP contribution is -2.21. The van der Waals surface area contributed by atoms with Crippen LogP contribution in [0, 0.1) is 0 Å². The second-order valence-electron chi connectivity index (χ2n) is 2.52. The van der Waals surface area contributed by atoms with E-state index in [4.69, 9.17) is 35.0 Å². The zero-order valence-corrected chi connectivity index (χ0v) is 11.4. The Morgan fingerprint density at radius 2 is 0.824 bits per heavy atom. The van der Waals surface area contributed by atoms with Crippen molar-refractivity contribution >= 4 is 20.8 Å². The second-order valence-corrected chi connectivity index (χ2v) is 4.31. The predicted octanol–water partition coefficient (Wildman–Crippen LogP) is 0.0425. The molecule has 4 N–H and O–H groups in total. The van der Waals surface area contributed by atoms with Gasteiger partial charge in [0.05, 0.1) is 0 Å². The highest BCUT2D eigenvalue weighted by molar-refractivity contribution is 7.80. The quantitative estimate of drug-likeness (QED) is 0.529. The van der Waals surface area contributed by atoms with Crippen LogP contribution in [0.25, 0.3) is 0 Å². The molecule has 0 amide bonds. The average molecular weight is 297 g/mol. The number of rotatable bonds is 3. The Morgan fingerprint density at radius 1 is 0.706 bits per heavy atom. The molecule has 0 bridgehead atoms. The van der Waals surface area contributed by atoms with E-state index in [1.54, 1.807) is 0 Å². The second kappa shape index (κ2) is 10.8. The zero-order chi connectivity index (χ0) is 14.7. The molecule has 0 rings (SSSR count). The number of nitrogens with zero attached hydrogens (tertiary/aromatic N) is 1. The van der Waals surface area contributed by atoms with E-state index in [0.29, 0.717) is 0 Å².